The Kier molecular flexibility index (Phi) is 5.79. The monoisotopic (exact) mass is 489 g/mol. The third-order valence-corrected chi connectivity index (χ3v) is 6.32. The number of nitrogens with one attached hydrogen (secondary N) is 1. The van der Waals surface area contributed by atoms with Crippen LogP contribution in [-0.2, 0) is 9.47 Å². The molecule has 4 atom stereocenters. The van der Waals surface area contributed by atoms with Crippen LogP contribution in [0.4, 0.5) is 0 Å². The lowest BCUT2D eigenvalue weighted by atomic mass is 10.1. The van der Waals surface area contributed by atoms with Gasteiger partial charge in [0.1, 0.15) is 29.7 Å². The van der Waals surface area contributed by atoms with E-state index in [1.807, 2.05) is 35.0 Å². The van der Waals surface area contributed by atoms with E-state index < -0.39 is 0 Å². The number of amides is 1. The van der Waals surface area contributed by atoms with Crippen LogP contribution in [-0.4, -0.2) is 74.2 Å². The summed E-state index contributed by atoms with van der Waals surface area (Å²) in [6.07, 6.45) is 4.64. The van der Waals surface area contributed by atoms with Crippen molar-refractivity contribution in [3.8, 4) is 23.2 Å². The van der Waals surface area contributed by atoms with E-state index in [2.05, 4.69) is 25.8 Å². The number of benzene rings is 2. The zero-order valence-corrected chi connectivity index (χ0v) is 19.3. The van der Waals surface area contributed by atoms with E-state index in [0.29, 0.717) is 30.3 Å². The molecule has 0 spiro atoms. The third kappa shape index (κ3) is 4.16. The molecule has 12 nitrogen and oxygen atoms in total. The summed E-state index contributed by atoms with van der Waals surface area (Å²) in [6, 6.07) is 14.0. The Bertz CT molecular complexity index is 1320. The Morgan fingerprint density at radius 3 is 2.56 bits per heavy atom. The van der Waals surface area contributed by atoms with Crippen molar-refractivity contribution in [3.05, 3.63) is 72.8 Å². The number of rotatable bonds is 7. The van der Waals surface area contributed by atoms with Crippen LogP contribution in [0, 0.1) is 0 Å². The molecule has 2 saturated heterocycles. The summed E-state index contributed by atoms with van der Waals surface area (Å²) in [5, 5.41) is 15.0. The first-order chi connectivity index (χ1) is 17.7. The van der Waals surface area contributed by atoms with Crippen LogP contribution in [0.5, 0.6) is 17.5 Å². The highest BCUT2D eigenvalue weighted by atomic mass is 16.6. The number of carbonyl (C=O) groups excluding carboxylic acids is 1. The van der Waals surface area contributed by atoms with Gasteiger partial charge in [-0.25, -0.2) is 4.98 Å². The molecule has 0 aliphatic carbocycles. The Morgan fingerprint density at radius 1 is 1.03 bits per heavy atom. The lowest BCUT2D eigenvalue weighted by Crippen LogP contribution is -2.44. The van der Waals surface area contributed by atoms with E-state index in [4.69, 9.17) is 18.9 Å². The molecule has 2 aliphatic rings. The molecule has 1 amide bonds. The zero-order valence-electron chi connectivity index (χ0n) is 19.3. The molecule has 4 heterocycles. The normalized spacial score (nSPS) is 22.8. The number of nitrogens with zero attached hydrogens (tertiary/aromatic N) is 6. The van der Waals surface area contributed by atoms with Gasteiger partial charge in [0.05, 0.1) is 32.7 Å². The maximum absolute atomic E-state index is 12.7. The fourth-order valence-electron chi connectivity index (χ4n) is 4.47. The van der Waals surface area contributed by atoms with Crippen molar-refractivity contribution in [2.45, 2.75) is 24.3 Å². The molecule has 36 heavy (non-hydrogen) atoms. The maximum Gasteiger partial charge on any atom is 0.341 e. The second-order valence-electron chi connectivity index (χ2n) is 8.44. The Labute approximate surface area is 205 Å². The standard InChI is InChI=1S/C24H23N7O5/c1-33-17-6-2-15(3-7-17)23(32)26-19-12-34-22-20(13-35-21(19)22)31-24(27-28-29-31)36-18-8-4-16(5-9-18)30-11-10-25-14-30/h2-11,14,19-22H,12-13H2,1H3,(H,26,32)/t19-,20+,21-,22+/m1/s1. The molecule has 0 unspecified atom stereocenters. The largest absolute Gasteiger partial charge is 0.497 e. The number of hydrogen-bond donors (Lipinski definition) is 1. The number of carbonyl (C=O) groups is 1. The van der Waals surface area contributed by atoms with E-state index in [9.17, 15) is 4.79 Å². The van der Waals surface area contributed by atoms with Gasteiger partial charge in [-0.15, -0.1) is 0 Å². The molecule has 2 fully saturated rings. The molecule has 12 heteroatoms. The molecule has 2 aliphatic heterocycles. The molecule has 4 aromatic rings. The lowest BCUT2D eigenvalue weighted by molar-refractivity contribution is 0.0606. The Hall–Kier alpha value is -4.29. The minimum atomic E-state index is -0.333. The first kappa shape index (κ1) is 22.2. The molecule has 0 radical (unpaired) electrons. The van der Waals surface area contributed by atoms with E-state index in [1.54, 1.807) is 48.6 Å². The summed E-state index contributed by atoms with van der Waals surface area (Å²) >= 11 is 0. The average molecular weight is 489 g/mol. The second kappa shape index (κ2) is 9.40. The van der Waals surface area contributed by atoms with Crippen molar-refractivity contribution in [2.75, 3.05) is 20.3 Å². The van der Waals surface area contributed by atoms with Crippen LogP contribution in [0.15, 0.2) is 67.3 Å². The fourth-order valence-corrected chi connectivity index (χ4v) is 4.47. The van der Waals surface area contributed by atoms with Crippen LogP contribution in [0.2, 0.25) is 0 Å². The number of hydrogen-bond acceptors (Lipinski definition) is 9. The topological polar surface area (TPSA) is 127 Å². The molecule has 0 bridgehead atoms. The van der Waals surface area contributed by atoms with E-state index >= 15 is 0 Å². The van der Waals surface area contributed by atoms with Gasteiger partial charge >= 0.3 is 6.01 Å². The van der Waals surface area contributed by atoms with Gasteiger partial charge in [0.25, 0.3) is 5.91 Å². The number of methoxy groups -OCH3 is 1. The predicted molar refractivity (Wildman–Crippen MR) is 124 cm³/mol. The van der Waals surface area contributed by atoms with E-state index in [0.717, 1.165) is 5.69 Å². The van der Waals surface area contributed by atoms with Crippen molar-refractivity contribution in [3.63, 3.8) is 0 Å². The molecule has 2 aromatic carbocycles. The zero-order chi connectivity index (χ0) is 24.5. The van der Waals surface area contributed by atoms with E-state index in [1.165, 1.54) is 0 Å². The van der Waals surface area contributed by atoms with Gasteiger partial charge in [-0.05, 0) is 59.0 Å². The number of fused-ring (bicyclic) bond motifs is 1. The van der Waals surface area contributed by atoms with Crippen LogP contribution in [0.3, 0.4) is 0 Å². The molecular weight excluding hydrogens is 466 g/mol. The molecule has 184 valence electrons. The molecule has 2 aromatic heterocycles. The molecule has 0 saturated carbocycles. The number of aromatic nitrogens is 6. The van der Waals surface area contributed by atoms with Crippen LogP contribution in [0.1, 0.15) is 16.4 Å². The summed E-state index contributed by atoms with van der Waals surface area (Å²) in [4.78, 5) is 16.8. The van der Waals surface area contributed by atoms with E-state index in [-0.39, 0.29) is 36.2 Å². The van der Waals surface area contributed by atoms with Gasteiger partial charge in [-0.2, -0.15) is 4.68 Å². The molecule has 6 rings (SSSR count). The summed E-state index contributed by atoms with van der Waals surface area (Å²) in [6.45, 7) is 0.646. The summed E-state index contributed by atoms with van der Waals surface area (Å²) < 4.78 is 26.6. The van der Waals surface area contributed by atoms with Crippen molar-refractivity contribution in [2.24, 2.45) is 0 Å². The van der Waals surface area contributed by atoms with Gasteiger partial charge in [-0.3, -0.25) is 4.79 Å². The van der Waals surface area contributed by atoms with Crippen LogP contribution >= 0.6 is 0 Å². The van der Waals surface area contributed by atoms with Crippen LogP contribution in [0.25, 0.3) is 5.69 Å². The second-order valence-corrected chi connectivity index (χ2v) is 8.44. The minimum absolute atomic E-state index is 0.204. The molecular formula is C24H23N7O5. The fraction of sp³-hybridized carbons (Fsp3) is 0.292. The number of tetrazole rings is 1. The highest BCUT2D eigenvalue weighted by Gasteiger charge is 2.50. The van der Waals surface area contributed by atoms with Gasteiger partial charge in [0.2, 0.25) is 0 Å². The highest BCUT2D eigenvalue weighted by molar-refractivity contribution is 5.94. The SMILES string of the molecule is COc1ccc(C(=O)N[C@@H]2CO[C@@H]3[C@@H]2OC[C@@H]3n2nnnc2Oc2ccc(-n3ccnc3)cc2)cc1. The highest BCUT2D eigenvalue weighted by Crippen LogP contribution is 2.36. The number of imidazole rings is 1. The predicted octanol–water partition coefficient (Wildman–Crippen LogP) is 1.80. The Morgan fingerprint density at radius 2 is 1.81 bits per heavy atom. The van der Waals surface area contributed by atoms with Crippen molar-refractivity contribution >= 4 is 5.91 Å². The van der Waals surface area contributed by atoms with Gasteiger partial charge in [-0.1, -0.05) is 5.10 Å². The minimum Gasteiger partial charge on any atom is -0.497 e. The summed E-state index contributed by atoms with van der Waals surface area (Å²) in [5.74, 6) is 1.07. The lowest BCUT2D eigenvalue weighted by Gasteiger charge is -2.18. The maximum atomic E-state index is 12.7. The van der Waals surface area contributed by atoms with Crippen molar-refractivity contribution < 1.29 is 23.7 Å². The van der Waals surface area contributed by atoms with Crippen molar-refractivity contribution in [1.82, 2.24) is 35.1 Å². The molecule has 1 N–H and O–H groups in total. The summed E-state index contributed by atoms with van der Waals surface area (Å²) in [7, 11) is 1.58. The van der Waals surface area contributed by atoms with Gasteiger partial charge < -0.3 is 28.8 Å². The van der Waals surface area contributed by atoms with Gasteiger partial charge in [0.15, 0.2) is 0 Å². The smallest absolute Gasteiger partial charge is 0.341 e. The number of ether oxygens (including phenoxy) is 4. The average Bonchev–Trinajstić information content (AvgIpc) is 3.71. The van der Waals surface area contributed by atoms with Crippen LogP contribution < -0.4 is 14.8 Å². The summed E-state index contributed by atoms with van der Waals surface area (Å²) in [5.41, 5.74) is 1.48. The third-order valence-electron chi connectivity index (χ3n) is 6.32. The quantitative estimate of drug-likeness (QED) is 0.413. The van der Waals surface area contributed by atoms with Crippen molar-refractivity contribution in [1.29, 1.82) is 0 Å². The first-order valence-corrected chi connectivity index (χ1v) is 11.4. The Balaban J connectivity index is 1.12. The first-order valence-electron chi connectivity index (χ1n) is 11.4. The van der Waals surface area contributed by atoms with Gasteiger partial charge in [0, 0.05) is 23.6 Å².